The van der Waals surface area contributed by atoms with E-state index < -0.39 is 0 Å². The number of likely N-dealkylation sites (N-methyl/N-ethyl adjacent to an activating group) is 1. The minimum absolute atomic E-state index is 0.166. The van der Waals surface area contributed by atoms with Gasteiger partial charge in [-0.15, -0.1) is 0 Å². The molecule has 0 heterocycles. The summed E-state index contributed by atoms with van der Waals surface area (Å²) in [7, 11) is 0. The monoisotopic (exact) mass is 293 g/mol. The molecule has 1 N–H and O–H groups in total. The molecule has 1 aromatic carbocycles. The topological polar surface area (TPSA) is 58.4 Å². The van der Waals surface area contributed by atoms with E-state index in [9.17, 15) is 10.1 Å². The number of nitrogens with zero attached hydrogens (tertiary/aromatic N) is 2. The van der Waals surface area contributed by atoms with E-state index in [1.165, 1.54) is 0 Å². The van der Waals surface area contributed by atoms with E-state index in [2.05, 4.69) is 31.0 Å². The fraction of sp³-hybridized carbons (Fsp3) is 0.625. The van der Waals surface area contributed by atoms with Crippen molar-refractivity contribution < 1.29 is 4.92 Å². The fourth-order valence-corrected chi connectivity index (χ4v) is 2.47. The lowest BCUT2D eigenvalue weighted by molar-refractivity contribution is -0.384. The minimum atomic E-state index is -0.331. The van der Waals surface area contributed by atoms with Crippen LogP contribution < -0.4 is 5.32 Å². The molecule has 21 heavy (non-hydrogen) atoms. The number of nitro benzene ring substituents is 1. The van der Waals surface area contributed by atoms with Crippen molar-refractivity contribution in [2.45, 2.75) is 39.7 Å². The largest absolute Gasteiger partial charge is 0.309 e. The first-order chi connectivity index (χ1) is 10.1. The first-order valence-electron chi connectivity index (χ1n) is 7.82. The summed E-state index contributed by atoms with van der Waals surface area (Å²) < 4.78 is 0. The Hall–Kier alpha value is -1.46. The van der Waals surface area contributed by atoms with E-state index >= 15 is 0 Å². The molecule has 1 rings (SSSR count). The average molecular weight is 293 g/mol. The van der Waals surface area contributed by atoms with Gasteiger partial charge in [-0.1, -0.05) is 39.3 Å². The molecule has 1 atom stereocenters. The zero-order valence-electron chi connectivity index (χ0n) is 13.3. The minimum Gasteiger partial charge on any atom is -0.309 e. The van der Waals surface area contributed by atoms with Gasteiger partial charge in [0, 0.05) is 31.3 Å². The molecular weight excluding hydrogens is 266 g/mol. The van der Waals surface area contributed by atoms with Crippen molar-refractivity contribution >= 4 is 5.69 Å². The van der Waals surface area contributed by atoms with Gasteiger partial charge in [-0.25, -0.2) is 0 Å². The van der Waals surface area contributed by atoms with Gasteiger partial charge in [0.15, 0.2) is 0 Å². The molecule has 0 saturated heterocycles. The Morgan fingerprint density at radius 1 is 1.29 bits per heavy atom. The van der Waals surface area contributed by atoms with Crippen molar-refractivity contribution in [3.05, 3.63) is 39.9 Å². The van der Waals surface area contributed by atoms with E-state index in [-0.39, 0.29) is 16.7 Å². The van der Waals surface area contributed by atoms with Gasteiger partial charge in [0.05, 0.1) is 4.92 Å². The molecular formula is C16H27N3O2. The predicted octanol–water partition coefficient (Wildman–Crippen LogP) is 3.37. The summed E-state index contributed by atoms with van der Waals surface area (Å²) in [5, 5.41) is 14.4. The highest BCUT2D eigenvalue weighted by molar-refractivity contribution is 5.35. The van der Waals surface area contributed by atoms with Crippen molar-refractivity contribution in [3.63, 3.8) is 0 Å². The van der Waals surface area contributed by atoms with Crippen molar-refractivity contribution in [2.24, 2.45) is 0 Å². The van der Waals surface area contributed by atoms with Crippen LogP contribution in [-0.4, -0.2) is 36.0 Å². The maximum absolute atomic E-state index is 10.9. The summed E-state index contributed by atoms with van der Waals surface area (Å²) in [5.74, 6) is 0. The Balaban J connectivity index is 2.68. The Bertz CT molecular complexity index is 433. The molecule has 0 aliphatic carbocycles. The van der Waals surface area contributed by atoms with Gasteiger partial charge < -0.3 is 10.2 Å². The van der Waals surface area contributed by atoms with Gasteiger partial charge in [0.25, 0.3) is 5.69 Å². The van der Waals surface area contributed by atoms with Crippen LogP contribution in [0.15, 0.2) is 24.3 Å². The van der Waals surface area contributed by atoms with Crippen LogP contribution in [0.1, 0.15) is 45.2 Å². The Labute approximate surface area is 127 Å². The van der Waals surface area contributed by atoms with Gasteiger partial charge in [0.2, 0.25) is 0 Å². The standard InChI is InChI=1S/C16H27N3O2/c1-4-8-16(17-11-12-18(5-2)6-3)14-9-7-10-15(13-14)19(20)21/h7,9-10,13,16-17H,4-6,8,11-12H2,1-3H3. The normalized spacial score (nSPS) is 12.6. The number of benzene rings is 1. The molecule has 5 heteroatoms. The molecule has 0 amide bonds. The Kier molecular flexibility index (Phi) is 7.93. The number of nitro groups is 1. The smallest absolute Gasteiger partial charge is 0.269 e. The van der Waals surface area contributed by atoms with Crippen LogP contribution in [0.25, 0.3) is 0 Å². The molecule has 0 fully saturated rings. The first-order valence-corrected chi connectivity index (χ1v) is 7.82. The number of non-ortho nitro benzene ring substituents is 1. The van der Waals surface area contributed by atoms with Gasteiger partial charge in [-0.2, -0.15) is 0 Å². The zero-order valence-corrected chi connectivity index (χ0v) is 13.3. The highest BCUT2D eigenvalue weighted by Gasteiger charge is 2.14. The van der Waals surface area contributed by atoms with Crippen LogP contribution in [0.3, 0.4) is 0 Å². The third-order valence-electron chi connectivity index (χ3n) is 3.77. The molecule has 118 valence electrons. The summed E-state index contributed by atoms with van der Waals surface area (Å²) in [6, 6.07) is 7.15. The molecule has 0 aliphatic heterocycles. The van der Waals surface area contributed by atoms with Gasteiger partial charge in [0.1, 0.15) is 0 Å². The van der Waals surface area contributed by atoms with E-state index in [0.717, 1.165) is 44.6 Å². The lowest BCUT2D eigenvalue weighted by Gasteiger charge is -2.22. The number of hydrogen-bond acceptors (Lipinski definition) is 4. The predicted molar refractivity (Wildman–Crippen MR) is 86.5 cm³/mol. The lowest BCUT2D eigenvalue weighted by Crippen LogP contribution is -2.33. The maximum atomic E-state index is 10.9. The Morgan fingerprint density at radius 3 is 2.57 bits per heavy atom. The van der Waals surface area contributed by atoms with Crippen LogP contribution in [0.5, 0.6) is 0 Å². The highest BCUT2D eigenvalue weighted by atomic mass is 16.6. The van der Waals surface area contributed by atoms with E-state index in [1.54, 1.807) is 18.2 Å². The number of nitrogens with one attached hydrogen (secondary N) is 1. The van der Waals surface area contributed by atoms with Crippen LogP contribution in [0.4, 0.5) is 5.69 Å². The van der Waals surface area contributed by atoms with E-state index in [0.29, 0.717) is 0 Å². The number of hydrogen-bond donors (Lipinski definition) is 1. The van der Waals surface area contributed by atoms with Crippen molar-refractivity contribution in [1.82, 2.24) is 10.2 Å². The summed E-state index contributed by atoms with van der Waals surface area (Å²) >= 11 is 0. The summed E-state index contributed by atoms with van der Waals surface area (Å²) in [6.45, 7) is 10.5. The van der Waals surface area contributed by atoms with Crippen molar-refractivity contribution in [3.8, 4) is 0 Å². The Morgan fingerprint density at radius 2 is 2.00 bits per heavy atom. The van der Waals surface area contributed by atoms with Gasteiger partial charge in [-0.3, -0.25) is 10.1 Å². The summed E-state index contributed by atoms with van der Waals surface area (Å²) in [6.07, 6.45) is 2.03. The second kappa shape index (κ2) is 9.47. The number of rotatable bonds is 10. The summed E-state index contributed by atoms with van der Waals surface area (Å²) in [5.41, 5.74) is 1.17. The quantitative estimate of drug-likeness (QED) is 0.531. The van der Waals surface area contributed by atoms with E-state index in [1.807, 2.05) is 6.07 Å². The second-order valence-corrected chi connectivity index (χ2v) is 5.17. The average Bonchev–Trinajstić information content (AvgIpc) is 2.50. The van der Waals surface area contributed by atoms with Crippen LogP contribution in [0, 0.1) is 10.1 Å². The summed E-state index contributed by atoms with van der Waals surface area (Å²) in [4.78, 5) is 12.9. The SMILES string of the molecule is CCCC(NCCN(CC)CC)c1cccc([N+](=O)[O-])c1. The molecule has 1 aromatic rings. The third-order valence-corrected chi connectivity index (χ3v) is 3.77. The van der Waals surface area contributed by atoms with Crippen LogP contribution in [-0.2, 0) is 0 Å². The van der Waals surface area contributed by atoms with Gasteiger partial charge >= 0.3 is 0 Å². The van der Waals surface area contributed by atoms with Crippen LogP contribution in [0.2, 0.25) is 0 Å². The molecule has 0 bridgehead atoms. The molecule has 0 radical (unpaired) electrons. The maximum Gasteiger partial charge on any atom is 0.269 e. The molecule has 1 unspecified atom stereocenters. The molecule has 0 spiro atoms. The second-order valence-electron chi connectivity index (χ2n) is 5.17. The molecule has 0 aliphatic rings. The molecule has 0 saturated carbocycles. The fourth-order valence-electron chi connectivity index (χ4n) is 2.47. The van der Waals surface area contributed by atoms with E-state index in [4.69, 9.17) is 0 Å². The van der Waals surface area contributed by atoms with Crippen molar-refractivity contribution in [2.75, 3.05) is 26.2 Å². The molecule has 5 nitrogen and oxygen atoms in total. The zero-order chi connectivity index (χ0) is 15.7. The third kappa shape index (κ3) is 5.81. The lowest BCUT2D eigenvalue weighted by atomic mass is 10.0. The molecule has 0 aromatic heterocycles. The van der Waals surface area contributed by atoms with Crippen molar-refractivity contribution in [1.29, 1.82) is 0 Å². The highest BCUT2D eigenvalue weighted by Crippen LogP contribution is 2.22. The first kappa shape index (κ1) is 17.6. The van der Waals surface area contributed by atoms with Gasteiger partial charge in [-0.05, 0) is 25.1 Å². The van der Waals surface area contributed by atoms with Crippen LogP contribution >= 0.6 is 0 Å².